The van der Waals surface area contributed by atoms with E-state index in [1.54, 1.807) is 60.7 Å². The topological polar surface area (TPSA) is 96.5 Å². The number of hydrogen-bond donors (Lipinski definition) is 3. The van der Waals surface area contributed by atoms with Crippen molar-refractivity contribution in [2.45, 2.75) is 6.92 Å². The molecule has 0 aliphatic carbocycles. The quantitative estimate of drug-likeness (QED) is 0.211. The number of thiocarbonyl (C=S) groups is 1. The number of benzene rings is 3. The average molecular weight is 530 g/mol. The second-order valence-corrected chi connectivity index (χ2v) is 9.06. The highest BCUT2D eigenvalue weighted by Gasteiger charge is 2.16. The van der Waals surface area contributed by atoms with Gasteiger partial charge in [0.05, 0.1) is 0 Å². The first kappa shape index (κ1) is 24.3. The lowest BCUT2D eigenvalue weighted by atomic mass is 10.1. The molecule has 0 unspecified atom stereocenters. The van der Waals surface area contributed by atoms with Crippen LogP contribution in [-0.2, 0) is 0 Å². The number of halogens is 1. The third-order valence-electron chi connectivity index (χ3n) is 5.57. The largest absolute Gasteiger partial charge is 0.451 e. The van der Waals surface area contributed by atoms with Gasteiger partial charge in [0.25, 0.3) is 11.8 Å². The van der Waals surface area contributed by atoms with Gasteiger partial charge in [-0.3, -0.25) is 14.9 Å². The van der Waals surface area contributed by atoms with Crippen molar-refractivity contribution in [3.8, 4) is 11.3 Å². The number of carbonyl (C=O) groups is 2. The molecular weight excluding hydrogens is 510 g/mol. The molecule has 5 aromatic rings. The van der Waals surface area contributed by atoms with Crippen molar-refractivity contribution in [1.29, 1.82) is 0 Å². The zero-order chi connectivity index (χ0) is 25.9. The van der Waals surface area contributed by atoms with Gasteiger partial charge in [-0.25, -0.2) is 0 Å². The van der Waals surface area contributed by atoms with Gasteiger partial charge in [0.15, 0.2) is 16.6 Å². The lowest BCUT2D eigenvalue weighted by Crippen LogP contribution is -2.33. The zero-order valence-corrected chi connectivity index (χ0v) is 21.1. The van der Waals surface area contributed by atoms with Crippen LogP contribution in [0, 0.1) is 6.92 Å². The average Bonchev–Trinajstić information content (AvgIpc) is 3.54. The molecule has 0 aliphatic rings. The highest BCUT2D eigenvalue weighted by Crippen LogP contribution is 2.25. The molecule has 184 valence electrons. The number of anilines is 2. The normalized spacial score (nSPS) is 10.8. The molecule has 0 saturated heterocycles. The maximum absolute atomic E-state index is 12.7. The minimum absolute atomic E-state index is 0.105. The van der Waals surface area contributed by atoms with Crippen LogP contribution in [0.25, 0.3) is 22.3 Å². The van der Waals surface area contributed by atoms with E-state index in [2.05, 4.69) is 16.0 Å². The summed E-state index contributed by atoms with van der Waals surface area (Å²) in [7, 11) is 0. The maximum Gasteiger partial charge on any atom is 0.293 e. The van der Waals surface area contributed by atoms with Crippen LogP contribution in [0.2, 0.25) is 5.02 Å². The SMILES string of the molecule is Cc1cc(NC(=S)NC(=O)c2ccc(-c3ccc(Cl)cc3)o2)ccc1NC(=O)c1cc2ccccc2o1. The van der Waals surface area contributed by atoms with Gasteiger partial charge in [-0.05, 0) is 91.4 Å². The maximum atomic E-state index is 12.7. The molecule has 0 radical (unpaired) electrons. The fourth-order valence-electron chi connectivity index (χ4n) is 3.72. The first-order chi connectivity index (χ1) is 17.9. The number of carbonyl (C=O) groups excluding carboxylic acids is 2. The highest BCUT2D eigenvalue weighted by molar-refractivity contribution is 7.80. The smallest absolute Gasteiger partial charge is 0.293 e. The molecule has 7 nitrogen and oxygen atoms in total. The van der Waals surface area contributed by atoms with Crippen LogP contribution in [-0.4, -0.2) is 16.9 Å². The Balaban J connectivity index is 1.19. The summed E-state index contributed by atoms with van der Waals surface area (Å²) >= 11 is 11.2. The molecule has 0 aliphatic heterocycles. The summed E-state index contributed by atoms with van der Waals surface area (Å²) in [4.78, 5) is 25.2. The highest BCUT2D eigenvalue weighted by atomic mass is 35.5. The predicted molar refractivity (Wildman–Crippen MR) is 148 cm³/mol. The second-order valence-electron chi connectivity index (χ2n) is 8.21. The summed E-state index contributed by atoms with van der Waals surface area (Å²) in [5.41, 5.74) is 3.51. The molecule has 3 N–H and O–H groups in total. The summed E-state index contributed by atoms with van der Waals surface area (Å²) < 4.78 is 11.3. The number of fused-ring (bicyclic) bond motifs is 1. The molecule has 0 saturated carbocycles. The van der Waals surface area contributed by atoms with Crippen LogP contribution in [0.1, 0.15) is 26.7 Å². The van der Waals surface area contributed by atoms with Crippen LogP contribution in [0.15, 0.2) is 93.8 Å². The standard InChI is InChI=1S/C28H20ClN3O4S/c1-16-14-20(10-11-21(16)31-27(34)25-15-18-4-2-3-5-22(18)36-25)30-28(37)32-26(33)24-13-12-23(35-24)17-6-8-19(29)9-7-17/h2-15H,1H3,(H,31,34)(H2,30,32,33,37). The van der Waals surface area contributed by atoms with Gasteiger partial charge in [0.2, 0.25) is 0 Å². The third-order valence-corrected chi connectivity index (χ3v) is 6.02. The number of rotatable bonds is 5. The molecule has 0 fully saturated rings. The van der Waals surface area contributed by atoms with Gasteiger partial charge < -0.3 is 19.5 Å². The summed E-state index contributed by atoms with van der Waals surface area (Å²) in [6, 6.07) is 24.8. The zero-order valence-electron chi connectivity index (χ0n) is 19.5. The molecule has 37 heavy (non-hydrogen) atoms. The molecule has 2 amide bonds. The molecule has 3 aromatic carbocycles. The van der Waals surface area contributed by atoms with Gasteiger partial charge in [0.1, 0.15) is 11.3 Å². The Kier molecular flexibility index (Phi) is 6.76. The van der Waals surface area contributed by atoms with Gasteiger partial charge in [0, 0.05) is 27.3 Å². The van der Waals surface area contributed by atoms with E-state index in [0.29, 0.717) is 27.7 Å². The Morgan fingerprint density at radius 3 is 2.35 bits per heavy atom. The Morgan fingerprint density at radius 1 is 0.811 bits per heavy atom. The lowest BCUT2D eigenvalue weighted by Gasteiger charge is -2.12. The van der Waals surface area contributed by atoms with Crippen molar-refractivity contribution in [2.75, 3.05) is 10.6 Å². The van der Waals surface area contributed by atoms with E-state index in [9.17, 15) is 9.59 Å². The molecule has 0 atom stereocenters. The number of furan rings is 2. The molecule has 2 aromatic heterocycles. The van der Waals surface area contributed by atoms with Gasteiger partial charge in [-0.15, -0.1) is 0 Å². The van der Waals surface area contributed by atoms with E-state index in [1.807, 2.05) is 31.2 Å². The molecule has 0 bridgehead atoms. The fraction of sp³-hybridized carbons (Fsp3) is 0.0357. The predicted octanol–water partition coefficient (Wildman–Crippen LogP) is 7.03. The van der Waals surface area contributed by atoms with Crippen LogP contribution in [0.3, 0.4) is 0 Å². The first-order valence-electron chi connectivity index (χ1n) is 11.2. The number of nitrogens with one attached hydrogen (secondary N) is 3. The van der Waals surface area contributed by atoms with Gasteiger partial charge in [-0.2, -0.15) is 0 Å². The second kappa shape index (κ2) is 10.3. The van der Waals surface area contributed by atoms with E-state index in [1.165, 1.54) is 0 Å². The van der Waals surface area contributed by atoms with Gasteiger partial charge in [-0.1, -0.05) is 29.8 Å². The molecular formula is C28H20ClN3O4S. The number of hydrogen-bond acceptors (Lipinski definition) is 5. The van der Waals surface area contributed by atoms with Crippen LogP contribution >= 0.6 is 23.8 Å². The van der Waals surface area contributed by atoms with E-state index in [-0.39, 0.29) is 22.5 Å². The van der Waals surface area contributed by atoms with E-state index >= 15 is 0 Å². The summed E-state index contributed by atoms with van der Waals surface area (Å²) in [5.74, 6) is 0.0535. The van der Waals surface area contributed by atoms with Gasteiger partial charge >= 0.3 is 0 Å². The summed E-state index contributed by atoms with van der Waals surface area (Å²) in [6.07, 6.45) is 0. The Morgan fingerprint density at radius 2 is 1.59 bits per heavy atom. The Hall–Kier alpha value is -4.40. The van der Waals surface area contributed by atoms with Crippen molar-refractivity contribution in [1.82, 2.24) is 5.32 Å². The van der Waals surface area contributed by atoms with Crippen LogP contribution < -0.4 is 16.0 Å². The summed E-state index contributed by atoms with van der Waals surface area (Å²) in [5, 5.41) is 10.0. The molecule has 2 heterocycles. The summed E-state index contributed by atoms with van der Waals surface area (Å²) in [6.45, 7) is 1.85. The first-order valence-corrected chi connectivity index (χ1v) is 12.0. The van der Waals surface area contributed by atoms with Crippen LogP contribution in [0.4, 0.5) is 11.4 Å². The molecule has 0 spiro atoms. The van der Waals surface area contributed by atoms with Crippen molar-refractivity contribution >= 4 is 63.1 Å². The Labute approximate surface area is 222 Å². The monoisotopic (exact) mass is 529 g/mol. The Bertz CT molecular complexity index is 1610. The van der Waals surface area contributed by atoms with Crippen LogP contribution in [0.5, 0.6) is 0 Å². The molecule has 5 rings (SSSR count). The minimum Gasteiger partial charge on any atom is -0.451 e. The lowest BCUT2D eigenvalue weighted by molar-refractivity contribution is 0.0950. The van der Waals surface area contributed by atoms with Crippen molar-refractivity contribution in [3.05, 3.63) is 107 Å². The van der Waals surface area contributed by atoms with E-state index in [4.69, 9.17) is 32.7 Å². The fourth-order valence-corrected chi connectivity index (χ4v) is 4.05. The number of para-hydroxylation sites is 1. The van der Waals surface area contributed by atoms with Crippen molar-refractivity contribution in [3.63, 3.8) is 0 Å². The third kappa shape index (κ3) is 5.55. The van der Waals surface area contributed by atoms with E-state index in [0.717, 1.165) is 16.5 Å². The number of amides is 2. The van der Waals surface area contributed by atoms with Crippen molar-refractivity contribution in [2.24, 2.45) is 0 Å². The molecule has 9 heteroatoms. The van der Waals surface area contributed by atoms with Crippen molar-refractivity contribution < 1.29 is 18.4 Å². The minimum atomic E-state index is -0.482. The number of aryl methyl sites for hydroxylation is 1. The van der Waals surface area contributed by atoms with E-state index < -0.39 is 5.91 Å².